The van der Waals surface area contributed by atoms with Gasteiger partial charge in [0, 0.05) is 38.6 Å². The Morgan fingerprint density at radius 3 is 1.62 bits per heavy atom. The Balaban J connectivity index is 1.22. The molecule has 10 aromatic rings. The van der Waals surface area contributed by atoms with E-state index in [-0.39, 0.29) is 0 Å². The van der Waals surface area contributed by atoms with Crippen molar-refractivity contribution in [1.82, 2.24) is 4.57 Å². The van der Waals surface area contributed by atoms with Crippen molar-refractivity contribution < 1.29 is 0 Å². The zero-order chi connectivity index (χ0) is 34.4. The highest BCUT2D eigenvalue weighted by atomic mass is 15.1. The van der Waals surface area contributed by atoms with Crippen molar-refractivity contribution in [1.29, 1.82) is 0 Å². The van der Waals surface area contributed by atoms with Crippen LogP contribution in [0.25, 0.3) is 71.3 Å². The van der Waals surface area contributed by atoms with E-state index in [0.29, 0.717) is 0 Å². The van der Waals surface area contributed by atoms with E-state index >= 15 is 0 Å². The Bertz CT molecular complexity index is 2860. The number of anilines is 3. The summed E-state index contributed by atoms with van der Waals surface area (Å²) in [5.74, 6) is 0. The summed E-state index contributed by atoms with van der Waals surface area (Å²) >= 11 is 0. The second-order valence-electron chi connectivity index (χ2n) is 13.3. The molecule has 244 valence electrons. The van der Waals surface area contributed by atoms with Gasteiger partial charge in [-0.2, -0.15) is 0 Å². The van der Waals surface area contributed by atoms with E-state index in [1.165, 1.54) is 65.6 Å². The van der Waals surface area contributed by atoms with Gasteiger partial charge in [-0.15, -0.1) is 0 Å². The molecule has 0 aliphatic heterocycles. The summed E-state index contributed by atoms with van der Waals surface area (Å²) in [6, 6.07) is 74.7. The first-order valence-electron chi connectivity index (χ1n) is 17.9. The van der Waals surface area contributed by atoms with Gasteiger partial charge in [0.1, 0.15) is 0 Å². The highest BCUT2D eigenvalue weighted by Crippen LogP contribution is 2.46. The monoisotopic (exact) mass is 662 g/mol. The smallest absolute Gasteiger partial charge is 0.0621 e. The molecule has 0 atom stereocenters. The lowest BCUT2D eigenvalue weighted by Crippen LogP contribution is -2.10. The Hall–Kier alpha value is -6.90. The Morgan fingerprint density at radius 1 is 0.346 bits per heavy atom. The molecule has 1 aromatic heterocycles. The summed E-state index contributed by atoms with van der Waals surface area (Å²) in [6.45, 7) is 0. The maximum absolute atomic E-state index is 2.43. The number of fused-ring (bicyclic) bond motifs is 6. The zero-order valence-corrected chi connectivity index (χ0v) is 28.5. The molecular formula is C50H34N2. The van der Waals surface area contributed by atoms with Crippen molar-refractivity contribution in [2.75, 3.05) is 4.90 Å². The first-order valence-corrected chi connectivity index (χ1v) is 17.9. The molecule has 0 saturated heterocycles. The van der Waals surface area contributed by atoms with Gasteiger partial charge < -0.3 is 9.47 Å². The van der Waals surface area contributed by atoms with Crippen LogP contribution in [0.4, 0.5) is 17.1 Å². The van der Waals surface area contributed by atoms with E-state index in [2.05, 4.69) is 216 Å². The minimum atomic E-state index is 1.10. The van der Waals surface area contributed by atoms with E-state index < -0.39 is 0 Å². The topological polar surface area (TPSA) is 8.17 Å². The molecule has 0 aliphatic rings. The van der Waals surface area contributed by atoms with Crippen molar-refractivity contribution in [2.45, 2.75) is 0 Å². The zero-order valence-electron chi connectivity index (χ0n) is 28.5. The van der Waals surface area contributed by atoms with Gasteiger partial charge in [0.15, 0.2) is 0 Å². The number of para-hydroxylation sites is 2. The Morgan fingerprint density at radius 2 is 0.885 bits per heavy atom. The second-order valence-corrected chi connectivity index (χ2v) is 13.3. The molecule has 2 heteroatoms. The predicted octanol–water partition coefficient (Wildman–Crippen LogP) is 13.9. The standard InChI is InChI=1S/C50H34N2/c1-3-14-35(15-4-1)36-26-30-40(31-27-36)51(41-32-28-38(29-33-41)43-24-13-17-37-16-7-8-20-42(37)43)49-34-47-45-22-11-12-25-48(45)52(39-18-5-2-6-19-39)50(47)46-23-10-9-21-44(46)49/h1-34H. The fourth-order valence-electron chi connectivity index (χ4n) is 7.96. The van der Waals surface area contributed by atoms with Gasteiger partial charge in [-0.05, 0) is 81.6 Å². The molecule has 52 heavy (non-hydrogen) atoms. The maximum Gasteiger partial charge on any atom is 0.0621 e. The van der Waals surface area contributed by atoms with Gasteiger partial charge in [-0.1, -0.05) is 158 Å². The average molecular weight is 663 g/mol. The Labute approximate surface area is 303 Å². The molecule has 0 N–H and O–H groups in total. The van der Waals surface area contributed by atoms with Crippen LogP contribution in [0.2, 0.25) is 0 Å². The van der Waals surface area contributed by atoms with Crippen LogP contribution in [0.1, 0.15) is 0 Å². The third-order valence-electron chi connectivity index (χ3n) is 10.4. The third kappa shape index (κ3) is 4.96. The molecule has 0 fully saturated rings. The number of rotatable bonds is 6. The third-order valence-corrected chi connectivity index (χ3v) is 10.4. The van der Waals surface area contributed by atoms with Crippen molar-refractivity contribution >= 4 is 60.4 Å². The first-order chi connectivity index (χ1) is 25.8. The van der Waals surface area contributed by atoms with Crippen LogP contribution in [-0.4, -0.2) is 4.57 Å². The molecule has 0 spiro atoms. The van der Waals surface area contributed by atoms with E-state index in [0.717, 1.165) is 22.7 Å². The van der Waals surface area contributed by atoms with Gasteiger partial charge in [-0.3, -0.25) is 0 Å². The van der Waals surface area contributed by atoms with Gasteiger partial charge in [0.05, 0.1) is 16.7 Å². The molecule has 0 radical (unpaired) electrons. The second kappa shape index (κ2) is 12.5. The summed E-state index contributed by atoms with van der Waals surface area (Å²) < 4.78 is 2.43. The summed E-state index contributed by atoms with van der Waals surface area (Å²) in [4.78, 5) is 2.43. The van der Waals surface area contributed by atoms with Gasteiger partial charge in [-0.25, -0.2) is 0 Å². The van der Waals surface area contributed by atoms with Crippen LogP contribution >= 0.6 is 0 Å². The number of hydrogen-bond donors (Lipinski definition) is 0. The van der Waals surface area contributed by atoms with Crippen molar-refractivity contribution in [3.05, 3.63) is 206 Å². The first kappa shape index (κ1) is 30.0. The van der Waals surface area contributed by atoms with Crippen LogP contribution in [0.5, 0.6) is 0 Å². The largest absolute Gasteiger partial charge is 0.310 e. The molecular weight excluding hydrogens is 629 g/mol. The van der Waals surface area contributed by atoms with Crippen LogP contribution in [0.15, 0.2) is 206 Å². The summed E-state index contributed by atoms with van der Waals surface area (Å²) in [5.41, 5.74) is 11.8. The van der Waals surface area contributed by atoms with Crippen LogP contribution < -0.4 is 4.90 Å². The normalized spacial score (nSPS) is 11.5. The van der Waals surface area contributed by atoms with Crippen molar-refractivity contribution in [3.63, 3.8) is 0 Å². The molecule has 0 amide bonds. The molecule has 0 bridgehead atoms. The molecule has 0 aliphatic carbocycles. The maximum atomic E-state index is 2.43. The molecule has 2 nitrogen and oxygen atoms in total. The van der Waals surface area contributed by atoms with Crippen LogP contribution in [-0.2, 0) is 0 Å². The summed E-state index contributed by atoms with van der Waals surface area (Å²) in [6.07, 6.45) is 0. The van der Waals surface area contributed by atoms with Crippen molar-refractivity contribution in [2.24, 2.45) is 0 Å². The summed E-state index contributed by atoms with van der Waals surface area (Å²) in [5, 5.41) is 7.38. The van der Waals surface area contributed by atoms with Gasteiger partial charge in [0.2, 0.25) is 0 Å². The molecule has 9 aromatic carbocycles. The highest BCUT2D eigenvalue weighted by molar-refractivity contribution is 6.22. The number of nitrogens with zero attached hydrogens (tertiary/aromatic N) is 2. The van der Waals surface area contributed by atoms with Crippen LogP contribution in [0, 0.1) is 0 Å². The minimum absolute atomic E-state index is 1.10. The molecule has 10 rings (SSSR count). The lowest BCUT2D eigenvalue weighted by molar-refractivity contribution is 1.19. The molecule has 1 heterocycles. The quantitative estimate of drug-likeness (QED) is 0.172. The number of aromatic nitrogens is 1. The summed E-state index contributed by atoms with van der Waals surface area (Å²) in [7, 11) is 0. The lowest BCUT2D eigenvalue weighted by Gasteiger charge is -2.28. The van der Waals surface area contributed by atoms with E-state index in [9.17, 15) is 0 Å². The SMILES string of the molecule is c1ccc(-c2ccc(N(c3ccc(-c4cccc5ccccc45)cc3)c3cc4c5ccccc5n(-c5ccccc5)c4c4ccccc34)cc2)cc1. The van der Waals surface area contributed by atoms with Crippen molar-refractivity contribution in [3.8, 4) is 27.9 Å². The fraction of sp³-hybridized carbons (Fsp3) is 0. The minimum Gasteiger partial charge on any atom is -0.310 e. The fourth-order valence-corrected chi connectivity index (χ4v) is 7.96. The number of benzene rings is 9. The van der Waals surface area contributed by atoms with E-state index in [4.69, 9.17) is 0 Å². The highest BCUT2D eigenvalue weighted by Gasteiger charge is 2.22. The van der Waals surface area contributed by atoms with E-state index in [1.807, 2.05) is 0 Å². The van der Waals surface area contributed by atoms with Gasteiger partial charge >= 0.3 is 0 Å². The Kier molecular flexibility index (Phi) is 7.18. The number of hydrogen-bond acceptors (Lipinski definition) is 1. The predicted molar refractivity (Wildman–Crippen MR) is 221 cm³/mol. The average Bonchev–Trinajstić information content (AvgIpc) is 3.56. The van der Waals surface area contributed by atoms with Gasteiger partial charge in [0.25, 0.3) is 0 Å². The van der Waals surface area contributed by atoms with E-state index in [1.54, 1.807) is 0 Å². The molecule has 0 saturated carbocycles. The lowest BCUT2D eigenvalue weighted by atomic mass is 9.97. The molecule has 0 unspecified atom stereocenters. The van der Waals surface area contributed by atoms with Crippen LogP contribution in [0.3, 0.4) is 0 Å².